The van der Waals surface area contributed by atoms with Crippen LogP contribution in [-0.2, 0) is 4.74 Å². The molecule has 0 aliphatic carbocycles. The first-order chi connectivity index (χ1) is 7.15. The van der Waals surface area contributed by atoms with E-state index in [9.17, 15) is 9.18 Å². The van der Waals surface area contributed by atoms with Crippen molar-refractivity contribution >= 4 is 11.7 Å². The highest BCUT2D eigenvalue weighted by Crippen LogP contribution is 2.13. The first-order valence-electron chi connectivity index (χ1n) is 4.74. The zero-order valence-corrected chi connectivity index (χ0v) is 8.63. The van der Waals surface area contributed by atoms with E-state index in [4.69, 9.17) is 10.5 Å². The summed E-state index contributed by atoms with van der Waals surface area (Å²) in [4.78, 5) is 11.4. The van der Waals surface area contributed by atoms with Gasteiger partial charge >= 0.3 is 5.97 Å². The van der Waals surface area contributed by atoms with E-state index in [2.05, 4.69) is 0 Å². The minimum Gasteiger partial charge on any atom is -0.462 e. The van der Waals surface area contributed by atoms with Gasteiger partial charge in [-0.3, -0.25) is 4.39 Å². The van der Waals surface area contributed by atoms with Gasteiger partial charge in [-0.1, -0.05) is 6.07 Å². The molecular formula is C11H14FNO2. The van der Waals surface area contributed by atoms with E-state index in [0.29, 0.717) is 11.3 Å². The Balaban J connectivity index is 2.62. The fraction of sp³-hybridized carbons (Fsp3) is 0.364. The third-order valence-electron chi connectivity index (χ3n) is 2.03. The van der Waals surface area contributed by atoms with Crippen molar-refractivity contribution < 1.29 is 13.9 Å². The summed E-state index contributed by atoms with van der Waals surface area (Å²) >= 11 is 0. The van der Waals surface area contributed by atoms with Crippen LogP contribution >= 0.6 is 0 Å². The van der Waals surface area contributed by atoms with Crippen LogP contribution in [-0.4, -0.2) is 19.3 Å². The Bertz CT molecular complexity index is 352. The second kappa shape index (κ2) is 5.34. The minimum absolute atomic E-state index is 0.100. The average Bonchev–Trinajstić information content (AvgIpc) is 2.22. The average molecular weight is 211 g/mol. The van der Waals surface area contributed by atoms with Crippen molar-refractivity contribution in [3.63, 3.8) is 0 Å². The van der Waals surface area contributed by atoms with E-state index in [-0.39, 0.29) is 13.0 Å². The van der Waals surface area contributed by atoms with Crippen molar-refractivity contribution in [1.29, 1.82) is 0 Å². The number of ether oxygens (including phenoxy) is 1. The Morgan fingerprint density at radius 3 is 2.87 bits per heavy atom. The molecule has 0 aliphatic heterocycles. The largest absolute Gasteiger partial charge is 0.462 e. The lowest BCUT2D eigenvalue weighted by Gasteiger charge is -2.05. The maximum absolute atomic E-state index is 11.8. The van der Waals surface area contributed by atoms with Crippen LogP contribution in [0.4, 0.5) is 10.1 Å². The third kappa shape index (κ3) is 3.23. The maximum atomic E-state index is 11.8. The fourth-order valence-electron chi connectivity index (χ4n) is 1.07. The number of aryl methyl sites for hydroxylation is 1. The predicted octanol–water partition coefficient (Wildman–Crippen LogP) is 2.09. The molecule has 2 N–H and O–H groups in total. The predicted molar refractivity (Wildman–Crippen MR) is 56.5 cm³/mol. The summed E-state index contributed by atoms with van der Waals surface area (Å²) in [5, 5.41) is 0. The molecule has 0 spiro atoms. The van der Waals surface area contributed by atoms with E-state index in [1.54, 1.807) is 18.2 Å². The molecule has 15 heavy (non-hydrogen) atoms. The van der Waals surface area contributed by atoms with Crippen molar-refractivity contribution in [3.05, 3.63) is 29.3 Å². The van der Waals surface area contributed by atoms with Crippen LogP contribution in [0.5, 0.6) is 0 Å². The number of anilines is 1. The molecule has 0 saturated heterocycles. The van der Waals surface area contributed by atoms with Gasteiger partial charge in [0.05, 0.1) is 18.8 Å². The van der Waals surface area contributed by atoms with E-state index < -0.39 is 12.6 Å². The molecule has 1 aromatic carbocycles. The number of esters is 1. The fourth-order valence-corrected chi connectivity index (χ4v) is 1.07. The summed E-state index contributed by atoms with van der Waals surface area (Å²) in [7, 11) is 0. The highest BCUT2D eigenvalue weighted by molar-refractivity contribution is 5.90. The van der Waals surface area contributed by atoms with Gasteiger partial charge in [0.1, 0.15) is 0 Å². The summed E-state index contributed by atoms with van der Waals surface area (Å²) in [6.45, 7) is 1.47. The number of benzene rings is 1. The van der Waals surface area contributed by atoms with Gasteiger partial charge in [0.25, 0.3) is 0 Å². The molecule has 0 saturated carbocycles. The number of carbonyl (C=O) groups is 1. The molecule has 0 amide bonds. The van der Waals surface area contributed by atoms with E-state index in [1.165, 1.54) is 0 Å². The van der Waals surface area contributed by atoms with Gasteiger partial charge in [-0.15, -0.1) is 0 Å². The van der Waals surface area contributed by atoms with E-state index in [1.807, 2.05) is 6.92 Å². The van der Waals surface area contributed by atoms with Crippen LogP contribution < -0.4 is 5.73 Å². The molecule has 0 atom stereocenters. The van der Waals surface area contributed by atoms with Crippen molar-refractivity contribution in [1.82, 2.24) is 0 Å². The number of hydrogen-bond donors (Lipinski definition) is 1. The van der Waals surface area contributed by atoms with E-state index in [0.717, 1.165) is 5.56 Å². The molecule has 0 aliphatic rings. The molecule has 0 bridgehead atoms. The van der Waals surface area contributed by atoms with Gasteiger partial charge in [0, 0.05) is 12.1 Å². The van der Waals surface area contributed by atoms with Crippen LogP contribution in [0.2, 0.25) is 0 Å². The Hall–Kier alpha value is -1.58. The monoisotopic (exact) mass is 211 g/mol. The van der Waals surface area contributed by atoms with Gasteiger partial charge < -0.3 is 10.5 Å². The molecule has 82 valence electrons. The number of nitrogen functional groups attached to an aromatic ring is 1. The SMILES string of the molecule is Cc1ccc(C(=O)OCCCF)cc1N. The van der Waals surface area contributed by atoms with E-state index >= 15 is 0 Å². The number of hydrogen-bond acceptors (Lipinski definition) is 3. The third-order valence-corrected chi connectivity index (χ3v) is 2.03. The van der Waals surface area contributed by atoms with Gasteiger partial charge in [-0.05, 0) is 24.6 Å². The highest BCUT2D eigenvalue weighted by Gasteiger charge is 2.07. The first-order valence-corrected chi connectivity index (χ1v) is 4.74. The minimum atomic E-state index is -0.483. The second-order valence-electron chi connectivity index (χ2n) is 3.25. The standard InChI is InChI=1S/C11H14FNO2/c1-8-3-4-9(7-10(8)13)11(14)15-6-2-5-12/h3-4,7H,2,5-6,13H2,1H3. The number of nitrogens with two attached hydrogens (primary N) is 1. The van der Waals surface area contributed by atoms with Crippen LogP contribution in [0.1, 0.15) is 22.3 Å². The molecule has 4 heteroatoms. The summed E-state index contributed by atoms with van der Waals surface area (Å²) in [6.07, 6.45) is 0.229. The Labute approximate surface area is 88.0 Å². The van der Waals surface area contributed by atoms with Crippen molar-refractivity contribution in [2.75, 3.05) is 19.0 Å². The summed E-state index contributed by atoms with van der Waals surface area (Å²) in [5.41, 5.74) is 7.51. The van der Waals surface area contributed by atoms with Crippen LogP contribution in [0, 0.1) is 6.92 Å². The number of halogens is 1. The van der Waals surface area contributed by atoms with Crippen molar-refractivity contribution in [3.8, 4) is 0 Å². The summed E-state index contributed by atoms with van der Waals surface area (Å²) in [6, 6.07) is 4.96. The smallest absolute Gasteiger partial charge is 0.338 e. The van der Waals surface area contributed by atoms with Crippen LogP contribution in [0.25, 0.3) is 0 Å². The molecule has 0 heterocycles. The van der Waals surface area contributed by atoms with Gasteiger partial charge in [-0.2, -0.15) is 0 Å². The zero-order chi connectivity index (χ0) is 11.3. The second-order valence-corrected chi connectivity index (χ2v) is 3.25. The van der Waals surface area contributed by atoms with Crippen molar-refractivity contribution in [2.45, 2.75) is 13.3 Å². The molecule has 0 fully saturated rings. The number of rotatable bonds is 4. The van der Waals surface area contributed by atoms with Gasteiger partial charge in [0.15, 0.2) is 0 Å². The first kappa shape index (κ1) is 11.5. The summed E-state index contributed by atoms with van der Waals surface area (Å²) in [5.74, 6) is -0.463. The van der Waals surface area contributed by atoms with Gasteiger partial charge in [-0.25, -0.2) is 4.79 Å². The molecule has 0 unspecified atom stereocenters. The molecule has 1 aromatic rings. The lowest BCUT2D eigenvalue weighted by atomic mass is 10.1. The normalized spacial score (nSPS) is 10.0. The van der Waals surface area contributed by atoms with Crippen LogP contribution in [0.3, 0.4) is 0 Å². The van der Waals surface area contributed by atoms with Crippen LogP contribution in [0.15, 0.2) is 18.2 Å². The Kier molecular flexibility index (Phi) is 4.09. The Morgan fingerprint density at radius 1 is 1.53 bits per heavy atom. The molecule has 0 radical (unpaired) electrons. The number of alkyl halides is 1. The number of carbonyl (C=O) groups excluding carboxylic acids is 1. The highest BCUT2D eigenvalue weighted by atomic mass is 19.1. The maximum Gasteiger partial charge on any atom is 0.338 e. The Morgan fingerprint density at radius 2 is 2.27 bits per heavy atom. The molecular weight excluding hydrogens is 197 g/mol. The molecule has 0 aromatic heterocycles. The lowest BCUT2D eigenvalue weighted by Crippen LogP contribution is -2.07. The lowest BCUT2D eigenvalue weighted by molar-refractivity contribution is 0.0494. The molecule has 3 nitrogen and oxygen atoms in total. The zero-order valence-electron chi connectivity index (χ0n) is 8.63. The van der Waals surface area contributed by atoms with Gasteiger partial charge in [0.2, 0.25) is 0 Å². The quantitative estimate of drug-likeness (QED) is 0.471. The summed E-state index contributed by atoms with van der Waals surface area (Å²) < 4.78 is 16.6. The molecule has 1 rings (SSSR count). The topological polar surface area (TPSA) is 52.3 Å². The van der Waals surface area contributed by atoms with Crippen molar-refractivity contribution in [2.24, 2.45) is 0 Å².